The van der Waals surface area contributed by atoms with E-state index >= 15 is 0 Å². The predicted molar refractivity (Wildman–Crippen MR) is 246 cm³/mol. The van der Waals surface area contributed by atoms with Crippen molar-refractivity contribution < 1.29 is 4.42 Å². The Bertz CT molecular complexity index is 3860. The Morgan fingerprint density at radius 1 is 0.390 bits per heavy atom. The molecule has 5 nitrogen and oxygen atoms in total. The van der Waals surface area contributed by atoms with E-state index in [9.17, 15) is 0 Å². The van der Waals surface area contributed by atoms with Crippen molar-refractivity contribution in [1.82, 2.24) is 19.5 Å². The molecule has 0 aliphatic heterocycles. The molecule has 9 aromatic carbocycles. The number of furan rings is 1. The van der Waals surface area contributed by atoms with Crippen LogP contribution in [-0.2, 0) is 0 Å². The number of thiophene rings is 1. The maximum absolute atomic E-state index is 7.05. The monoisotopic (exact) mass is 770 g/mol. The summed E-state index contributed by atoms with van der Waals surface area (Å²) in [4.78, 5) is 15.6. The molecule has 0 bridgehead atoms. The van der Waals surface area contributed by atoms with Crippen molar-refractivity contribution in [2.75, 3.05) is 0 Å². The Hall–Kier alpha value is -7.67. The second-order valence-corrected chi connectivity index (χ2v) is 16.2. The quantitative estimate of drug-likeness (QED) is 0.179. The van der Waals surface area contributed by atoms with E-state index < -0.39 is 0 Å². The van der Waals surface area contributed by atoms with Gasteiger partial charge in [-0.3, -0.25) is 0 Å². The van der Waals surface area contributed by atoms with Crippen molar-refractivity contribution in [2.45, 2.75) is 0 Å². The minimum absolute atomic E-state index is 0.564. The number of hydrogen-bond donors (Lipinski definition) is 0. The molecule has 0 aliphatic carbocycles. The minimum atomic E-state index is 0.564. The molecule has 13 aromatic rings. The lowest BCUT2D eigenvalue weighted by molar-refractivity contribution is 0.673. The van der Waals surface area contributed by atoms with Crippen LogP contribution in [0.25, 0.3) is 125 Å². The van der Waals surface area contributed by atoms with Crippen LogP contribution >= 0.6 is 11.3 Å². The fourth-order valence-electron chi connectivity index (χ4n) is 9.17. The molecule has 0 saturated carbocycles. The average molecular weight is 771 g/mol. The molecular weight excluding hydrogens is 741 g/mol. The summed E-state index contributed by atoms with van der Waals surface area (Å²) in [6.07, 6.45) is 0. The van der Waals surface area contributed by atoms with Crippen molar-refractivity contribution in [1.29, 1.82) is 0 Å². The van der Waals surface area contributed by atoms with E-state index in [-0.39, 0.29) is 0 Å². The molecule has 0 N–H and O–H groups in total. The van der Waals surface area contributed by atoms with Crippen LogP contribution in [0.4, 0.5) is 0 Å². The van der Waals surface area contributed by atoms with Crippen LogP contribution in [0.1, 0.15) is 0 Å². The molecule has 0 aliphatic rings. The molecule has 13 rings (SSSR count). The fourth-order valence-corrected chi connectivity index (χ4v) is 10.3. The van der Waals surface area contributed by atoms with E-state index in [1.807, 2.05) is 18.2 Å². The van der Waals surface area contributed by atoms with Crippen LogP contribution in [0, 0.1) is 0 Å². The first-order chi connectivity index (χ1) is 29.2. The van der Waals surface area contributed by atoms with Gasteiger partial charge in [0.2, 0.25) is 0 Å². The van der Waals surface area contributed by atoms with Gasteiger partial charge < -0.3 is 8.98 Å². The lowest BCUT2D eigenvalue weighted by Gasteiger charge is -2.13. The van der Waals surface area contributed by atoms with Gasteiger partial charge in [0.05, 0.1) is 22.3 Å². The molecule has 0 spiro atoms. The van der Waals surface area contributed by atoms with E-state index in [1.54, 1.807) is 11.3 Å². The topological polar surface area (TPSA) is 56.7 Å². The first-order valence-electron chi connectivity index (χ1n) is 19.8. The van der Waals surface area contributed by atoms with E-state index in [2.05, 4.69) is 168 Å². The first-order valence-corrected chi connectivity index (χ1v) is 20.6. The van der Waals surface area contributed by atoms with Gasteiger partial charge in [-0.2, -0.15) is 0 Å². The highest BCUT2D eigenvalue weighted by Crippen LogP contribution is 2.44. The van der Waals surface area contributed by atoms with Crippen molar-refractivity contribution in [3.63, 3.8) is 0 Å². The van der Waals surface area contributed by atoms with Gasteiger partial charge in [0, 0.05) is 63.6 Å². The van der Waals surface area contributed by atoms with Crippen LogP contribution < -0.4 is 0 Å². The molecule has 0 amide bonds. The molecule has 0 radical (unpaired) electrons. The SMILES string of the molecule is c1ccc(-c2nc(-c3cccc4c3oc3c5ccccc5c(-n5c6ccccc6c6cc7ccccc7cc65)cc43)nc(-c3cccc4sc5ccccc5c34)n2)cc1. The van der Waals surface area contributed by atoms with Gasteiger partial charge in [-0.05, 0) is 53.2 Å². The van der Waals surface area contributed by atoms with Crippen molar-refractivity contribution >= 4 is 96.8 Å². The van der Waals surface area contributed by atoms with E-state index in [0.29, 0.717) is 17.5 Å². The molecule has 4 aromatic heterocycles. The maximum Gasteiger partial charge on any atom is 0.167 e. The minimum Gasteiger partial charge on any atom is -0.455 e. The zero-order valence-corrected chi connectivity index (χ0v) is 32.2. The smallest absolute Gasteiger partial charge is 0.167 e. The molecule has 274 valence electrons. The third-order valence-corrected chi connectivity index (χ3v) is 13.0. The highest BCUT2D eigenvalue weighted by atomic mass is 32.1. The van der Waals surface area contributed by atoms with Gasteiger partial charge in [-0.15, -0.1) is 11.3 Å². The summed E-state index contributed by atoms with van der Waals surface area (Å²) >= 11 is 1.79. The van der Waals surface area contributed by atoms with Gasteiger partial charge in [0.1, 0.15) is 11.2 Å². The van der Waals surface area contributed by atoms with Crippen LogP contribution in [0.2, 0.25) is 0 Å². The normalized spacial score (nSPS) is 12.1. The highest BCUT2D eigenvalue weighted by molar-refractivity contribution is 7.25. The summed E-state index contributed by atoms with van der Waals surface area (Å²) in [5.41, 5.74) is 7.73. The number of benzene rings is 9. The third-order valence-electron chi connectivity index (χ3n) is 11.8. The number of fused-ring (bicyclic) bond motifs is 12. The summed E-state index contributed by atoms with van der Waals surface area (Å²) in [5, 5.41) is 11.5. The molecule has 0 unspecified atom stereocenters. The second kappa shape index (κ2) is 12.4. The molecular formula is C53H30N4OS. The van der Waals surface area contributed by atoms with Gasteiger partial charge in [-0.25, -0.2) is 15.0 Å². The third kappa shape index (κ3) is 4.81. The second-order valence-electron chi connectivity index (χ2n) is 15.1. The van der Waals surface area contributed by atoms with Gasteiger partial charge in [0.15, 0.2) is 17.5 Å². The van der Waals surface area contributed by atoms with Gasteiger partial charge in [-0.1, -0.05) is 140 Å². The summed E-state index contributed by atoms with van der Waals surface area (Å²) < 4.78 is 11.9. The van der Waals surface area contributed by atoms with Crippen LogP contribution in [0.3, 0.4) is 0 Å². The fraction of sp³-hybridized carbons (Fsp3) is 0. The zero-order chi connectivity index (χ0) is 38.6. The van der Waals surface area contributed by atoms with Crippen LogP contribution in [0.15, 0.2) is 186 Å². The zero-order valence-electron chi connectivity index (χ0n) is 31.4. The Morgan fingerprint density at radius 3 is 1.86 bits per heavy atom. The average Bonchev–Trinajstić information content (AvgIpc) is 3.98. The standard InChI is InChI=1S/C53H30N4OS/c1-2-14-31(15-3-1)51-54-52(39-23-13-27-47-48(39)38-21-9-11-26-46(38)59-47)56-53(55-51)40-24-12-22-37-42-30-45(34-18-6-7-20-36(34)50(42)58-49(37)40)57-43-25-10-8-19-35(43)41-28-32-16-4-5-17-33(32)29-44(41)57/h1-30H. The Labute approximate surface area is 341 Å². The van der Waals surface area contributed by atoms with E-state index in [1.165, 1.54) is 41.8 Å². The van der Waals surface area contributed by atoms with E-state index in [4.69, 9.17) is 19.4 Å². The molecule has 0 atom stereocenters. The maximum atomic E-state index is 7.05. The summed E-state index contributed by atoms with van der Waals surface area (Å²) in [7, 11) is 0. The van der Waals surface area contributed by atoms with Gasteiger partial charge >= 0.3 is 0 Å². The number of aromatic nitrogens is 4. The lowest BCUT2D eigenvalue weighted by atomic mass is 10.0. The molecule has 6 heteroatoms. The molecule has 0 fully saturated rings. The number of hydrogen-bond acceptors (Lipinski definition) is 5. The van der Waals surface area contributed by atoms with Gasteiger partial charge in [0.25, 0.3) is 0 Å². The van der Waals surface area contributed by atoms with Crippen LogP contribution in [-0.4, -0.2) is 19.5 Å². The summed E-state index contributed by atoms with van der Waals surface area (Å²) in [5.74, 6) is 1.80. The van der Waals surface area contributed by atoms with E-state index in [0.717, 1.165) is 66.0 Å². The number of para-hydroxylation sites is 2. The largest absolute Gasteiger partial charge is 0.455 e. The summed E-state index contributed by atoms with van der Waals surface area (Å²) in [6.45, 7) is 0. The highest BCUT2D eigenvalue weighted by Gasteiger charge is 2.23. The molecule has 59 heavy (non-hydrogen) atoms. The van der Waals surface area contributed by atoms with Crippen molar-refractivity contribution in [2.24, 2.45) is 0 Å². The number of rotatable bonds is 4. The first kappa shape index (κ1) is 32.4. The number of nitrogens with zero attached hydrogens (tertiary/aromatic N) is 4. The molecule has 4 heterocycles. The Kier molecular flexibility index (Phi) is 6.82. The summed E-state index contributed by atoms with van der Waals surface area (Å²) in [6, 6.07) is 64.3. The Morgan fingerprint density at radius 2 is 1.00 bits per heavy atom. The van der Waals surface area contributed by atoms with Crippen molar-refractivity contribution in [3.8, 4) is 39.9 Å². The molecule has 0 saturated heterocycles. The predicted octanol–water partition coefficient (Wildman–Crippen LogP) is 14.5. The Balaban J connectivity index is 1.09. The van der Waals surface area contributed by atoms with Crippen molar-refractivity contribution in [3.05, 3.63) is 182 Å². The van der Waals surface area contributed by atoms with Crippen LogP contribution in [0.5, 0.6) is 0 Å². The lowest BCUT2D eigenvalue weighted by Crippen LogP contribution is -2.00.